The Morgan fingerprint density at radius 1 is 1.06 bits per heavy atom. The number of phenolic OH excluding ortho intramolecular Hbond substituents is 2. The number of aromatic hydroxyl groups is 2. The largest absolute Gasteiger partial charge is 0.508 e. The molecular formula is C11H16O5. The molecule has 0 radical (unpaired) electrons. The van der Waals surface area contributed by atoms with Gasteiger partial charge in [-0.2, -0.15) is 0 Å². The van der Waals surface area contributed by atoms with Crippen molar-refractivity contribution < 1.29 is 24.5 Å². The molecule has 0 unspecified atom stereocenters. The summed E-state index contributed by atoms with van der Waals surface area (Å²) >= 11 is 0. The number of carbonyl (C=O) groups excluding carboxylic acids is 1. The fourth-order valence-electron chi connectivity index (χ4n) is 0.742. The summed E-state index contributed by atoms with van der Waals surface area (Å²) in [7, 11) is 0. The first-order valence-corrected chi connectivity index (χ1v) is 4.88. The molecule has 1 aromatic carbocycles. The van der Waals surface area contributed by atoms with E-state index in [1.807, 2.05) is 0 Å². The molecule has 0 amide bonds. The zero-order valence-electron chi connectivity index (χ0n) is 9.34. The Morgan fingerprint density at radius 2 is 1.44 bits per heavy atom. The molecule has 0 aliphatic carbocycles. The van der Waals surface area contributed by atoms with E-state index in [0.717, 1.165) is 0 Å². The zero-order valence-corrected chi connectivity index (χ0v) is 9.34. The lowest BCUT2D eigenvalue weighted by Gasteiger charge is -1.98. The van der Waals surface area contributed by atoms with E-state index >= 15 is 0 Å². The summed E-state index contributed by atoms with van der Waals surface area (Å²) in [6.45, 7) is 4.21. The van der Waals surface area contributed by atoms with Crippen LogP contribution in [-0.2, 0) is 9.47 Å². The second-order valence-electron chi connectivity index (χ2n) is 2.60. The predicted molar refractivity (Wildman–Crippen MR) is 58.4 cm³/mol. The first-order valence-electron chi connectivity index (χ1n) is 4.88. The third kappa shape index (κ3) is 6.53. The van der Waals surface area contributed by atoms with Crippen LogP contribution in [0, 0.1) is 0 Å². The van der Waals surface area contributed by atoms with Crippen molar-refractivity contribution in [2.24, 2.45) is 0 Å². The van der Waals surface area contributed by atoms with Crippen molar-refractivity contribution >= 4 is 6.16 Å². The Morgan fingerprint density at radius 3 is 1.69 bits per heavy atom. The number of phenols is 2. The number of hydrogen-bond donors (Lipinski definition) is 2. The second kappa shape index (κ2) is 8.40. The third-order valence-corrected chi connectivity index (χ3v) is 1.41. The molecule has 0 fully saturated rings. The summed E-state index contributed by atoms with van der Waals surface area (Å²) in [6.07, 6.45) is -0.588. The highest BCUT2D eigenvalue weighted by atomic mass is 16.7. The molecule has 0 aliphatic heterocycles. The average molecular weight is 228 g/mol. The summed E-state index contributed by atoms with van der Waals surface area (Å²) in [5, 5.41) is 17.3. The van der Waals surface area contributed by atoms with Crippen LogP contribution in [0.25, 0.3) is 0 Å². The predicted octanol–water partition coefficient (Wildman–Crippen LogP) is 2.28. The third-order valence-electron chi connectivity index (χ3n) is 1.41. The van der Waals surface area contributed by atoms with Crippen molar-refractivity contribution in [1.82, 2.24) is 0 Å². The fraction of sp³-hybridized carbons (Fsp3) is 0.364. The van der Waals surface area contributed by atoms with E-state index < -0.39 is 6.16 Å². The molecule has 0 heterocycles. The molecule has 0 saturated carbocycles. The molecule has 0 atom stereocenters. The van der Waals surface area contributed by atoms with Gasteiger partial charge in [0.25, 0.3) is 0 Å². The lowest BCUT2D eigenvalue weighted by atomic mass is 10.3. The van der Waals surface area contributed by atoms with E-state index in [2.05, 4.69) is 9.47 Å². The van der Waals surface area contributed by atoms with Crippen LogP contribution < -0.4 is 0 Å². The summed E-state index contributed by atoms with van der Waals surface area (Å²) in [5.41, 5.74) is 0. The minimum atomic E-state index is -0.588. The van der Waals surface area contributed by atoms with Gasteiger partial charge in [-0.05, 0) is 26.0 Å². The average Bonchev–Trinajstić information content (AvgIpc) is 2.24. The van der Waals surface area contributed by atoms with Gasteiger partial charge in [-0.15, -0.1) is 0 Å². The van der Waals surface area contributed by atoms with Crippen LogP contribution in [0.4, 0.5) is 4.79 Å². The number of rotatable bonds is 2. The summed E-state index contributed by atoms with van der Waals surface area (Å²) in [4.78, 5) is 10.2. The van der Waals surface area contributed by atoms with E-state index in [1.54, 1.807) is 26.0 Å². The van der Waals surface area contributed by atoms with E-state index in [4.69, 9.17) is 10.2 Å². The summed E-state index contributed by atoms with van der Waals surface area (Å²) < 4.78 is 8.84. The smallest absolute Gasteiger partial charge is 0.504 e. The van der Waals surface area contributed by atoms with Crippen molar-refractivity contribution in [2.45, 2.75) is 13.8 Å². The monoisotopic (exact) mass is 228 g/mol. The Kier molecular flexibility index (Phi) is 7.40. The van der Waals surface area contributed by atoms with Gasteiger partial charge >= 0.3 is 6.16 Å². The molecule has 1 aromatic rings. The highest BCUT2D eigenvalue weighted by molar-refractivity contribution is 5.59. The molecule has 0 saturated heterocycles. The minimum Gasteiger partial charge on any atom is -0.504 e. The molecular weight excluding hydrogens is 212 g/mol. The number of carbonyl (C=O) groups is 1. The lowest BCUT2D eigenvalue weighted by molar-refractivity contribution is 0.0630. The van der Waals surface area contributed by atoms with Crippen LogP contribution >= 0.6 is 0 Å². The molecule has 1 rings (SSSR count). The molecule has 0 spiro atoms. The van der Waals surface area contributed by atoms with Gasteiger partial charge in [0.15, 0.2) is 11.5 Å². The molecule has 5 heteroatoms. The quantitative estimate of drug-likeness (QED) is 0.600. The van der Waals surface area contributed by atoms with Crippen LogP contribution in [0.1, 0.15) is 13.8 Å². The standard InChI is InChI=1S/C6H6O2.C5H10O3/c7-5-3-1-2-4-6(5)8;1-3-7-5(6)8-4-2/h1-4,7-8H;3-4H2,1-2H3. The van der Waals surface area contributed by atoms with E-state index in [1.165, 1.54) is 12.1 Å². The van der Waals surface area contributed by atoms with Crippen molar-refractivity contribution in [3.63, 3.8) is 0 Å². The molecule has 0 aromatic heterocycles. The second-order valence-corrected chi connectivity index (χ2v) is 2.60. The SMILES string of the molecule is CCOC(=O)OCC.Oc1ccccc1O. The first-order chi connectivity index (χ1) is 7.61. The minimum absolute atomic E-state index is 0.0764. The van der Waals surface area contributed by atoms with Crippen molar-refractivity contribution in [3.05, 3.63) is 24.3 Å². The van der Waals surface area contributed by atoms with Crippen LogP contribution in [0.2, 0.25) is 0 Å². The molecule has 0 aliphatic rings. The van der Waals surface area contributed by atoms with Gasteiger partial charge in [0.05, 0.1) is 13.2 Å². The Hall–Kier alpha value is -1.91. The van der Waals surface area contributed by atoms with E-state index in [0.29, 0.717) is 13.2 Å². The van der Waals surface area contributed by atoms with Gasteiger partial charge in [0, 0.05) is 0 Å². The zero-order chi connectivity index (χ0) is 12.4. The first kappa shape index (κ1) is 14.1. The fourth-order valence-corrected chi connectivity index (χ4v) is 0.742. The van der Waals surface area contributed by atoms with Crippen LogP contribution in [0.3, 0.4) is 0 Å². The Balaban J connectivity index is 0.000000281. The molecule has 0 bridgehead atoms. The maximum Gasteiger partial charge on any atom is 0.508 e. The highest BCUT2D eigenvalue weighted by Gasteiger charge is 1.96. The molecule has 5 nitrogen and oxygen atoms in total. The van der Waals surface area contributed by atoms with Crippen molar-refractivity contribution in [2.75, 3.05) is 13.2 Å². The van der Waals surface area contributed by atoms with Crippen LogP contribution in [0.15, 0.2) is 24.3 Å². The molecule has 16 heavy (non-hydrogen) atoms. The number of para-hydroxylation sites is 2. The Bertz CT molecular complexity index is 282. The summed E-state index contributed by atoms with van der Waals surface area (Å²) in [6, 6.07) is 6.15. The number of ether oxygens (including phenoxy) is 2. The van der Waals surface area contributed by atoms with E-state index in [-0.39, 0.29) is 11.5 Å². The highest BCUT2D eigenvalue weighted by Crippen LogP contribution is 2.21. The number of benzene rings is 1. The van der Waals surface area contributed by atoms with Crippen LogP contribution in [-0.4, -0.2) is 29.6 Å². The lowest BCUT2D eigenvalue weighted by Crippen LogP contribution is -2.05. The Labute approximate surface area is 94.2 Å². The van der Waals surface area contributed by atoms with Gasteiger partial charge in [-0.3, -0.25) is 0 Å². The van der Waals surface area contributed by atoms with Crippen LogP contribution in [0.5, 0.6) is 11.5 Å². The van der Waals surface area contributed by atoms with E-state index in [9.17, 15) is 4.79 Å². The summed E-state index contributed by atoms with van der Waals surface area (Å²) in [5.74, 6) is -0.153. The van der Waals surface area contributed by atoms with Gasteiger partial charge in [0.1, 0.15) is 0 Å². The van der Waals surface area contributed by atoms with Gasteiger partial charge in [-0.25, -0.2) is 4.79 Å². The molecule has 2 N–H and O–H groups in total. The van der Waals surface area contributed by atoms with Crippen molar-refractivity contribution in [1.29, 1.82) is 0 Å². The van der Waals surface area contributed by atoms with Gasteiger partial charge in [0.2, 0.25) is 0 Å². The van der Waals surface area contributed by atoms with Gasteiger partial charge in [-0.1, -0.05) is 12.1 Å². The maximum absolute atomic E-state index is 10.2. The molecule has 90 valence electrons. The normalized spacial score (nSPS) is 8.62. The number of hydrogen-bond acceptors (Lipinski definition) is 5. The van der Waals surface area contributed by atoms with Crippen molar-refractivity contribution in [3.8, 4) is 11.5 Å². The maximum atomic E-state index is 10.2. The topological polar surface area (TPSA) is 76.0 Å². The van der Waals surface area contributed by atoms with Gasteiger partial charge < -0.3 is 19.7 Å².